The number of amides is 1. The second-order valence-corrected chi connectivity index (χ2v) is 6.99. The molecule has 0 bridgehead atoms. The fourth-order valence-corrected chi connectivity index (χ4v) is 2.61. The predicted octanol–water partition coefficient (Wildman–Crippen LogP) is 3.55. The number of nitrogens with one attached hydrogen (secondary N) is 1. The predicted molar refractivity (Wildman–Crippen MR) is 98.6 cm³/mol. The Kier molecular flexibility index (Phi) is 4.35. The minimum Gasteiger partial charge on any atom is -0.398 e. The van der Waals surface area contributed by atoms with Crippen LogP contribution in [-0.4, -0.2) is 21.2 Å². The van der Waals surface area contributed by atoms with Gasteiger partial charge in [0.05, 0.1) is 5.52 Å². The lowest BCUT2D eigenvalue weighted by atomic mass is 10.1. The lowest BCUT2D eigenvalue weighted by Gasteiger charge is -2.19. The van der Waals surface area contributed by atoms with Gasteiger partial charge in [0.25, 0.3) is 0 Å². The zero-order valence-electron chi connectivity index (χ0n) is 14.6. The van der Waals surface area contributed by atoms with Gasteiger partial charge >= 0.3 is 6.09 Å². The molecule has 2 heterocycles. The number of carbonyl (C=O) groups is 1. The Morgan fingerprint density at radius 2 is 2.08 bits per heavy atom. The van der Waals surface area contributed by atoms with Crippen LogP contribution < -0.4 is 15.8 Å². The van der Waals surface area contributed by atoms with Crippen LogP contribution in [0.1, 0.15) is 26.3 Å². The molecule has 130 valence electrons. The molecule has 0 fully saturated rings. The molecule has 25 heavy (non-hydrogen) atoms. The van der Waals surface area contributed by atoms with Crippen molar-refractivity contribution >= 4 is 22.7 Å². The summed E-state index contributed by atoms with van der Waals surface area (Å²) >= 11 is 0. The van der Waals surface area contributed by atoms with Crippen LogP contribution in [0.15, 0.2) is 48.8 Å². The van der Waals surface area contributed by atoms with Crippen LogP contribution in [0.4, 0.5) is 10.5 Å². The van der Waals surface area contributed by atoms with E-state index in [0.29, 0.717) is 6.54 Å². The van der Waals surface area contributed by atoms with E-state index in [0.717, 1.165) is 22.2 Å². The normalized spacial score (nSPS) is 11.5. The summed E-state index contributed by atoms with van der Waals surface area (Å²) in [5.41, 5.74) is 8.44. The first-order valence-electron chi connectivity index (χ1n) is 8.10. The molecular formula is C19H22N4O2. The number of hydrogen-bond acceptors (Lipinski definition) is 4. The van der Waals surface area contributed by atoms with Crippen LogP contribution >= 0.6 is 0 Å². The molecule has 0 aliphatic rings. The largest absolute Gasteiger partial charge is 0.414 e. The summed E-state index contributed by atoms with van der Waals surface area (Å²) in [7, 11) is 0. The quantitative estimate of drug-likeness (QED) is 0.716. The molecular weight excluding hydrogens is 316 g/mol. The SMILES string of the molecule is CC(C)(C)NC(=O)Oc1cc(Cn2ccc3c(N)cccc32)ccn1. The molecule has 0 aliphatic carbocycles. The summed E-state index contributed by atoms with van der Waals surface area (Å²) in [5.74, 6) is 0.273. The van der Waals surface area contributed by atoms with Gasteiger partial charge in [-0.2, -0.15) is 0 Å². The molecule has 2 aromatic heterocycles. The van der Waals surface area contributed by atoms with Crippen molar-refractivity contribution in [2.45, 2.75) is 32.9 Å². The van der Waals surface area contributed by atoms with Crippen LogP contribution in [0.25, 0.3) is 10.9 Å². The first-order valence-corrected chi connectivity index (χ1v) is 8.10. The Morgan fingerprint density at radius 3 is 2.84 bits per heavy atom. The number of nitrogen functional groups attached to an aromatic ring is 1. The maximum Gasteiger partial charge on any atom is 0.414 e. The van der Waals surface area contributed by atoms with Crippen molar-refractivity contribution < 1.29 is 9.53 Å². The molecule has 3 N–H and O–H groups in total. The van der Waals surface area contributed by atoms with Crippen LogP contribution in [0.2, 0.25) is 0 Å². The van der Waals surface area contributed by atoms with E-state index >= 15 is 0 Å². The zero-order valence-corrected chi connectivity index (χ0v) is 14.6. The Labute approximate surface area is 146 Å². The lowest BCUT2D eigenvalue weighted by Crippen LogP contribution is -2.42. The smallest absolute Gasteiger partial charge is 0.398 e. The van der Waals surface area contributed by atoms with E-state index in [-0.39, 0.29) is 11.4 Å². The standard InChI is InChI=1S/C19H22N4O2/c1-19(2,3)22-18(24)25-17-11-13(7-9-21-17)12-23-10-8-14-15(20)5-4-6-16(14)23/h4-11H,12,20H2,1-3H3,(H,22,24). The van der Waals surface area contributed by atoms with Crippen molar-refractivity contribution in [1.82, 2.24) is 14.9 Å². The first-order chi connectivity index (χ1) is 11.8. The average molecular weight is 338 g/mol. The summed E-state index contributed by atoms with van der Waals surface area (Å²) in [6.45, 7) is 6.30. The topological polar surface area (TPSA) is 82.2 Å². The summed E-state index contributed by atoms with van der Waals surface area (Å²) in [6, 6.07) is 11.5. The molecule has 6 nitrogen and oxygen atoms in total. The molecule has 0 atom stereocenters. The number of pyridine rings is 1. The number of aromatic nitrogens is 2. The van der Waals surface area contributed by atoms with E-state index in [1.165, 1.54) is 0 Å². The fraction of sp³-hybridized carbons (Fsp3) is 0.263. The van der Waals surface area contributed by atoms with E-state index in [2.05, 4.69) is 14.9 Å². The van der Waals surface area contributed by atoms with E-state index in [1.54, 1.807) is 12.3 Å². The number of nitrogens with zero attached hydrogens (tertiary/aromatic N) is 2. The number of anilines is 1. The third-order valence-electron chi connectivity index (χ3n) is 3.67. The van der Waals surface area contributed by atoms with E-state index in [1.807, 2.05) is 57.3 Å². The molecule has 0 aliphatic heterocycles. The van der Waals surface area contributed by atoms with Gasteiger partial charge in [-0.25, -0.2) is 9.78 Å². The molecule has 3 aromatic rings. The highest BCUT2D eigenvalue weighted by Gasteiger charge is 2.16. The van der Waals surface area contributed by atoms with Crippen LogP contribution in [0.5, 0.6) is 5.88 Å². The number of rotatable bonds is 3. The minimum atomic E-state index is -0.517. The maximum absolute atomic E-state index is 11.9. The second-order valence-electron chi connectivity index (χ2n) is 6.99. The third kappa shape index (κ3) is 4.09. The van der Waals surface area contributed by atoms with Gasteiger partial charge in [0.2, 0.25) is 5.88 Å². The highest BCUT2D eigenvalue weighted by atomic mass is 16.6. The average Bonchev–Trinajstić information content (AvgIpc) is 2.90. The van der Waals surface area contributed by atoms with Gasteiger partial charge in [-0.15, -0.1) is 0 Å². The molecule has 1 amide bonds. The van der Waals surface area contributed by atoms with E-state index < -0.39 is 6.09 Å². The summed E-state index contributed by atoms with van der Waals surface area (Å²) in [6.07, 6.45) is 3.11. The lowest BCUT2D eigenvalue weighted by molar-refractivity contribution is 0.189. The number of hydrogen-bond donors (Lipinski definition) is 2. The highest BCUT2D eigenvalue weighted by Crippen LogP contribution is 2.23. The maximum atomic E-state index is 11.9. The van der Waals surface area contributed by atoms with Crippen LogP contribution in [0, 0.1) is 0 Å². The Morgan fingerprint density at radius 1 is 1.28 bits per heavy atom. The fourth-order valence-electron chi connectivity index (χ4n) is 2.61. The Bertz CT molecular complexity index is 909. The molecule has 0 unspecified atom stereocenters. The van der Waals surface area contributed by atoms with Crippen molar-refractivity contribution in [3.8, 4) is 5.88 Å². The molecule has 0 radical (unpaired) electrons. The summed E-state index contributed by atoms with van der Waals surface area (Å²) < 4.78 is 7.36. The molecule has 0 saturated carbocycles. The summed E-state index contributed by atoms with van der Waals surface area (Å²) in [4.78, 5) is 16.0. The van der Waals surface area contributed by atoms with Gasteiger partial charge in [-0.05, 0) is 50.6 Å². The number of nitrogens with two attached hydrogens (primary N) is 1. The van der Waals surface area contributed by atoms with Crippen molar-refractivity contribution in [3.63, 3.8) is 0 Å². The monoisotopic (exact) mass is 338 g/mol. The van der Waals surface area contributed by atoms with Crippen molar-refractivity contribution in [3.05, 3.63) is 54.4 Å². The van der Waals surface area contributed by atoms with Crippen molar-refractivity contribution in [1.29, 1.82) is 0 Å². The van der Waals surface area contributed by atoms with Gasteiger partial charge in [0, 0.05) is 41.6 Å². The highest BCUT2D eigenvalue weighted by molar-refractivity contribution is 5.91. The van der Waals surface area contributed by atoms with Gasteiger partial charge in [0.15, 0.2) is 0 Å². The molecule has 6 heteroatoms. The van der Waals surface area contributed by atoms with E-state index in [9.17, 15) is 4.79 Å². The molecule has 1 aromatic carbocycles. The van der Waals surface area contributed by atoms with Crippen LogP contribution in [0.3, 0.4) is 0 Å². The molecule has 0 spiro atoms. The zero-order chi connectivity index (χ0) is 18.0. The number of fused-ring (bicyclic) bond motifs is 1. The Balaban J connectivity index is 1.77. The van der Waals surface area contributed by atoms with Crippen molar-refractivity contribution in [2.75, 3.05) is 5.73 Å². The van der Waals surface area contributed by atoms with Gasteiger partial charge in [-0.1, -0.05) is 6.07 Å². The first kappa shape index (κ1) is 16.8. The number of benzene rings is 1. The second kappa shape index (κ2) is 6.47. The van der Waals surface area contributed by atoms with Gasteiger partial charge in [0.1, 0.15) is 0 Å². The Hall–Kier alpha value is -3.02. The summed E-state index contributed by atoms with van der Waals surface area (Å²) in [5, 5.41) is 3.77. The molecule has 3 rings (SSSR count). The number of ether oxygens (including phenoxy) is 1. The van der Waals surface area contributed by atoms with Crippen molar-refractivity contribution in [2.24, 2.45) is 0 Å². The number of carbonyl (C=O) groups excluding carboxylic acids is 1. The van der Waals surface area contributed by atoms with Crippen LogP contribution in [-0.2, 0) is 6.54 Å². The molecule has 0 saturated heterocycles. The third-order valence-corrected chi connectivity index (χ3v) is 3.67. The minimum absolute atomic E-state index is 0.273. The van der Waals surface area contributed by atoms with Gasteiger partial charge in [-0.3, -0.25) is 0 Å². The van der Waals surface area contributed by atoms with E-state index in [4.69, 9.17) is 10.5 Å². The van der Waals surface area contributed by atoms with Gasteiger partial charge < -0.3 is 20.4 Å².